The smallest absolute Gasteiger partial charge is 0.270 e. The summed E-state index contributed by atoms with van der Waals surface area (Å²) in [5.41, 5.74) is 2.82. The Hall–Kier alpha value is -2.49. The third-order valence-electron chi connectivity index (χ3n) is 4.43. The van der Waals surface area contributed by atoms with Gasteiger partial charge in [-0.1, -0.05) is 41.3 Å². The second-order valence-electron chi connectivity index (χ2n) is 7.00. The van der Waals surface area contributed by atoms with Crippen LogP contribution in [0.1, 0.15) is 31.0 Å². The van der Waals surface area contributed by atoms with E-state index in [-0.39, 0.29) is 23.9 Å². The normalized spacial score (nSPS) is 11.0. The lowest BCUT2D eigenvalue weighted by Gasteiger charge is -2.17. The average molecular weight is 427 g/mol. The van der Waals surface area contributed by atoms with Crippen LogP contribution >= 0.6 is 18.5 Å². The van der Waals surface area contributed by atoms with Crippen molar-refractivity contribution in [3.8, 4) is 11.1 Å². The number of carbonyl (C=O) groups excluding carboxylic acids is 1. The highest BCUT2D eigenvalue weighted by Crippen LogP contribution is 2.28. The highest BCUT2D eigenvalue weighted by atomic mass is 31.0. The summed E-state index contributed by atoms with van der Waals surface area (Å²) in [5.74, 6) is 0.0841. The van der Waals surface area contributed by atoms with Crippen molar-refractivity contribution >= 4 is 40.8 Å². The van der Waals surface area contributed by atoms with Gasteiger partial charge in [0.25, 0.3) is 5.56 Å². The average Bonchev–Trinajstić information content (AvgIpc) is 2.67. The molecular weight excluding hydrogens is 404 g/mol. The van der Waals surface area contributed by atoms with Crippen molar-refractivity contribution in [3.05, 3.63) is 58.4 Å². The molecular formula is C20H23N5O2P2. The number of carbonyl (C=O) groups is 1. The number of rotatable bonds is 5. The summed E-state index contributed by atoms with van der Waals surface area (Å²) in [7, 11) is 5.13. The van der Waals surface area contributed by atoms with E-state index in [4.69, 9.17) is 0 Å². The van der Waals surface area contributed by atoms with Gasteiger partial charge in [0.15, 0.2) is 0 Å². The summed E-state index contributed by atoms with van der Waals surface area (Å²) < 4.78 is 1.22. The van der Waals surface area contributed by atoms with Crippen LogP contribution in [0, 0.1) is 6.92 Å². The minimum absolute atomic E-state index is 0.0762. The molecule has 0 spiro atoms. The molecule has 0 fully saturated rings. The van der Waals surface area contributed by atoms with Gasteiger partial charge in [-0.05, 0) is 29.8 Å². The van der Waals surface area contributed by atoms with Crippen LogP contribution in [0.4, 0.5) is 5.82 Å². The molecule has 1 amide bonds. The maximum Gasteiger partial charge on any atom is 0.270 e. The Bertz CT molecular complexity index is 1130. The molecule has 0 radical (unpaired) electrons. The zero-order chi connectivity index (χ0) is 21.1. The molecule has 2 heterocycles. The van der Waals surface area contributed by atoms with Gasteiger partial charge in [-0.25, -0.2) is 14.6 Å². The van der Waals surface area contributed by atoms with Gasteiger partial charge in [-0.2, -0.15) is 5.10 Å². The first-order valence-corrected chi connectivity index (χ1v) is 10.3. The first-order chi connectivity index (χ1) is 13.8. The second-order valence-corrected chi connectivity index (χ2v) is 8.29. The van der Waals surface area contributed by atoms with Crippen LogP contribution in [0.2, 0.25) is 0 Å². The predicted molar refractivity (Wildman–Crippen MR) is 122 cm³/mol. The Morgan fingerprint density at radius 1 is 1.28 bits per heavy atom. The highest BCUT2D eigenvalue weighted by molar-refractivity contribution is 7.28. The van der Waals surface area contributed by atoms with E-state index in [1.807, 2.05) is 38.1 Å². The lowest BCUT2D eigenvalue weighted by molar-refractivity contribution is -0.117. The van der Waals surface area contributed by atoms with E-state index in [1.165, 1.54) is 11.0 Å². The van der Waals surface area contributed by atoms with E-state index in [1.54, 1.807) is 13.1 Å². The van der Waals surface area contributed by atoms with Crippen molar-refractivity contribution in [3.63, 3.8) is 0 Å². The molecule has 0 saturated carbocycles. The molecule has 150 valence electrons. The molecule has 7 nitrogen and oxygen atoms in total. The third kappa shape index (κ3) is 4.75. The third-order valence-corrected chi connectivity index (χ3v) is 5.21. The van der Waals surface area contributed by atoms with Crippen molar-refractivity contribution in [2.75, 3.05) is 5.32 Å². The first-order valence-electron chi connectivity index (χ1n) is 9.10. The molecule has 0 aliphatic heterocycles. The lowest BCUT2D eigenvalue weighted by atomic mass is 9.95. The molecule has 0 bridgehead atoms. The molecule has 2 unspecified atom stereocenters. The summed E-state index contributed by atoms with van der Waals surface area (Å²) in [6.45, 7) is 5.62. The Morgan fingerprint density at radius 3 is 2.69 bits per heavy atom. The molecule has 0 aliphatic rings. The second kappa shape index (κ2) is 8.89. The van der Waals surface area contributed by atoms with Gasteiger partial charge in [0.2, 0.25) is 5.91 Å². The van der Waals surface area contributed by atoms with Crippen molar-refractivity contribution < 1.29 is 4.79 Å². The summed E-state index contributed by atoms with van der Waals surface area (Å²) in [4.78, 5) is 33.4. The molecule has 3 aromatic rings. The quantitative estimate of drug-likeness (QED) is 0.627. The van der Waals surface area contributed by atoms with Gasteiger partial charge < -0.3 is 5.32 Å². The van der Waals surface area contributed by atoms with Crippen LogP contribution in [0.3, 0.4) is 0 Å². The molecule has 1 aromatic carbocycles. The van der Waals surface area contributed by atoms with Crippen LogP contribution in [-0.2, 0) is 11.3 Å². The largest absolute Gasteiger partial charge is 0.308 e. The van der Waals surface area contributed by atoms with Crippen molar-refractivity contribution in [1.29, 1.82) is 0 Å². The van der Waals surface area contributed by atoms with Crippen molar-refractivity contribution in [2.24, 2.45) is 0 Å². The molecule has 0 saturated heterocycles. The molecule has 9 heteroatoms. The zero-order valence-electron chi connectivity index (χ0n) is 16.5. The van der Waals surface area contributed by atoms with E-state index in [2.05, 4.69) is 38.9 Å². The van der Waals surface area contributed by atoms with Gasteiger partial charge in [0, 0.05) is 22.6 Å². The SMILES string of the molecule is Cc1c(-c2cccc(P)c2)c(C(C)C)nn(CC(=O)Nc2ncncc2P)c1=O. The molecule has 0 aliphatic carbocycles. The van der Waals surface area contributed by atoms with E-state index in [9.17, 15) is 9.59 Å². The Balaban J connectivity index is 2.00. The Labute approximate surface area is 173 Å². The molecule has 3 rings (SSSR count). The summed E-state index contributed by atoms with van der Waals surface area (Å²) in [6, 6.07) is 7.90. The predicted octanol–water partition coefficient (Wildman–Crippen LogP) is 1.77. The standard InChI is InChI=1S/C20H23N5O2P2/c1-11(2)18-17(13-5-4-6-14(28)7-13)12(3)20(27)25(24-18)9-16(26)23-19-15(29)8-21-10-22-19/h4-8,10-11H,9,28-29H2,1-3H3,(H,21,22,23,26). The van der Waals surface area contributed by atoms with E-state index in [0.29, 0.717) is 16.7 Å². The molecule has 1 N–H and O–H groups in total. The van der Waals surface area contributed by atoms with Crippen LogP contribution in [0.5, 0.6) is 0 Å². The number of hydrogen-bond donors (Lipinski definition) is 1. The first kappa shape index (κ1) is 21.2. The monoisotopic (exact) mass is 427 g/mol. The van der Waals surface area contributed by atoms with Gasteiger partial charge >= 0.3 is 0 Å². The molecule has 2 aromatic heterocycles. The maximum absolute atomic E-state index is 13.0. The molecule has 29 heavy (non-hydrogen) atoms. The van der Waals surface area contributed by atoms with Gasteiger partial charge in [-0.15, -0.1) is 9.24 Å². The number of nitrogens with one attached hydrogen (secondary N) is 1. The Morgan fingerprint density at radius 2 is 2.03 bits per heavy atom. The number of hydrogen-bond acceptors (Lipinski definition) is 5. The number of anilines is 1. The maximum atomic E-state index is 13.0. The number of nitrogens with zero attached hydrogens (tertiary/aromatic N) is 4. The number of amides is 1. The van der Waals surface area contributed by atoms with Crippen LogP contribution in [0.15, 0.2) is 41.6 Å². The van der Waals surface area contributed by atoms with Crippen LogP contribution < -0.4 is 21.5 Å². The van der Waals surface area contributed by atoms with Gasteiger partial charge in [0.05, 0.1) is 5.69 Å². The summed E-state index contributed by atoms with van der Waals surface area (Å²) >= 11 is 0. The zero-order valence-corrected chi connectivity index (χ0v) is 18.8. The van der Waals surface area contributed by atoms with E-state index in [0.717, 1.165) is 22.1 Å². The minimum atomic E-state index is -0.379. The molecule has 2 atom stereocenters. The van der Waals surface area contributed by atoms with E-state index < -0.39 is 0 Å². The fourth-order valence-electron chi connectivity index (χ4n) is 3.04. The fourth-order valence-corrected chi connectivity index (χ4v) is 3.56. The van der Waals surface area contributed by atoms with Crippen LogP contribution in [-0.4, -0.2) is 25.7 Å². The highest BCUT2D eigenvalue weighted by Gasteiger charge is 2.20. The summed E-state index contributed by atoms with van der Waals surface area (Å²) in [6.07, 6.45) is 2.93. The Kier molecular flexibility index (Phi) is 6.51. The minimum Gasteiger partial charge on any atom is -0.308 e. The summed E-state index contributed by atoms with van der Waals surface area (Å²) in [5, 5.41) is 8.92. The van der Waals surface area contributed by atoms with Crippen molar-refractivity contribution in [2.45, 2.75) is 33.2 Å². The topological polar surface area (TPSA) is 89.8 Å². The lowest BCUT2D eigenvalue weighted by Crippen LogP contribution is -2.33. The van der Waals surface area contributed by atoms with Gasteiger partial charge in [0.1, 0.15) is 18.7 Å². The number of aromatic nitrogens is 4. The number of benzene rings is 1. The fraction of sp³-hybridized carbons (Fsp3) is 0.250. The van der Waals surface area contributed by atoms with Crippen LogP contribution in [0.25, 0.3) is 11.1 Å². The van der Waals surface area contributed by atoms with Gasteiger partial charge in [-0.3, -0.25) is 9.59 Å². The van der Waals surface area contributed by atoms with Crippen molar-refractivity contribution in [1.82, 2.24) is 19.7 Å². The van der Waals surface area contributed by atoms with E-state index >= 15 is 0 Å².